The van der Waals surface area contributed by atoms with Crippen LogP contribution in [0.5, 0.6) is 0 Å². The van der Waals surface area contributed by atoms with E-state index in [1.807, 2.05) is 6.07 Å². The van der Waals surface area contributed by atoms with Gasteiger partial charge < -0.3 is 11.1 Å². The molecule has 0 amide bonds. The maximum absolute atomic E-state index is 12.6. The highest BCUT2D eigenvalue weighted by atomic mass is 19.3. The molecule has 0 heterocycles. The van der Waals surface area contributed by atoms with Gasteiger partial charge in [-0.2, -0.15) is 0 Å². The van der Waals surface area contributed by atoms with Crippen molar-refractivity contribution in [3.63, 3.8) is 0 Å². The van der Waals surface area contributed by atoms with Crippen LogP contribution in [0.3, 0.4) is 0 Å². The maximum Gasteiger partial charge on any atom is 0.263 e. The number of nitrogens with two attached hydrogens (primary N) is 1. The van der Waals surface area contributed by atoms with E-state index >= 15 is 0 Å². The smallest absolute Gasteiger partial charge is 0.263 e. The first kappa shape index (κ1) is 14.6. The molecule has 4 heteroatoms. The van der Waals surface area contributed by atoms with E-state index in [2.05, 4.69) is 17.2 Å². The molecule has 0 aliphatic carbocycles. The van der Waals surface area contributed by atoms with Gasteiger partial charge in [-0.1, -0.05) is 18.2 Å². The molecule has 0 bridgehead atoms. The van der Waals surface area contributed by atoms with Crippen LogP contribution in [-0.4, -0.2) is 13.1 Å². The van der Waals surface area contributed by atoms with Crippen LogP contribution < -0.4 is 11.1 Å². The molecule has 1 unspecified atom stereocenters. The van der Waals surface area contributed by atoms with Crippen LogP contribution in [0, 0.1) is 11.8 Å². The Bertz CT molecular complexity index is 421. The van der Waals surface area contributed by atoms with Crippen molar-refractivity contribution in [1.29, 1.82) is 0 Å². The molecular weight excluding hydrogens is 234 g/mol. The molecule has 2 nitrogen and oxygen atoms in total. The lowest BCUT2D eigenvalue weighted by atomic mass is 10.0. The molecule has 18 heavy (non-hydrogen) atoms. The molecule has 0 saturated carbocycles. The first-order chi connectivity index (χ1) is 8.69. The number of benzene rings is 1. The van der Waals surface area contributed by atoms with Crippen molar-refractivity contribution >= 4 is 0 Å². The topological polar surface area (TPSA) is 38.0 Å². The molecular formula is C14H18F2N2. The minimum absolute atomic E-state index is 0.0288. The van der Waals surface area contributed by atoms with Gasteiger partial charge in [-0.3, -0.25) is 0 Å². The van der Waals surface area contributed by atoms with Gasteiger partial charge in [-0.15, -0.1) is 11.8 Å². The van der Waals surface area contributed by atoms with Gasteiger partial charge in [0.25, 0.3) is 6.43 Å². The first-order valence-corrected chi connectivity index (χ1v) is 5.90. The standard InChI is InChI=1S/C14H18F2N2/c1-2-3-4-8-18-13(10-17)11-6-5-7-12(9-11)14(15)16/h5-7,9,13-14,18H,4,8,10,17H2,1H3. The van der Waals surface area contributed by atoms with Gasteiger partial charge >= 0.3 is 0 Å². The van der Waals surface area contributed by atoms with E-state index in [1.165, 1.54) is 12.1 Å². The summed E-state index contributed by atoms with van der Waals surface area (Å²) < 4.78 is 25.2. The van der Waals surface area contributed by atoms with E-state index < -0.39 is 6.43 Å². The van der Waals surface area contributed by atoms with Gasteiger partial charge in [-0.25, -0.2) is 8.78 Å². The minimum Gasteiger partial charge on any atom is -0.329 e. The summed E-state index contributed by atoms with van der Waals surface area (Å²) in [6, 6.07) is 6.25. The van der Waals surface area contributed by atoms with Crippen molar-refractivity contribution in [3.05, 3.63) is 35.4 Å². The number of hydrogen-bond donors (Lipinski definition) is 2. The monoisotopic (exact) mass is 252 g/mol. The lowest BCUT2D eigenvalue weighted by Crippen LogP contribution is -2.29. The predicted molar refractivity (Wildman–Crippen MR) is 69.3 cm³/mol. The molecule has 0 radical (unpaired) electrons. The van der Waals surface area contributed by atoms with Crippen molar-refractivity contribution in [1.82, 2.24) is 5.32 Å². The third kappa shape index (κ3) is 4.44. The van der Waals surface area contributed by atoms with Crippen molar-refractivity contribution in [2.45, 2.75) is 25.8 Å². The van der Waals surface area contributed by atoms with Crippen LogP contribution in [0.1, 0.15) is 36.9 Å². The van der Waals surface area contributed by atoms with Crippen LogP contribution in [0.4, 0.5) is 8.78 Å². The molecule has 0 spiro atoms. The molecule has 0 saturated heterocycles. The Morgan fingerprint density at radius 2 is 2.06 bits per heavy atom. The van der Waals surface area contributed by atoms with Crippen LogP contribution >= 0.6 is 0 Å². The average molecular weight is 252 g/mol. The van der Waals surface area contributed by atoms with Crippen molar-refractivity contribution in [2.24, 2.45) is 5.73 Å². The molecule has 1 atom stereocenters. The lowest BCUT2D eigenvalue weighted by Gasteiger charge is -2.17. The van der Waals surface area contributed by atoms with E-state index in [4.69, 9.17) is 5.73 Å². The van der Waals surface area contributed by atoms with Crippen LogP contribution in [0.2, 0.25) is 0 Å². The summed E-state index contributed by atoms with van der Waals surface area (Å²) in [6.07, 6.45) is -1.73. The minimum atomic E-state index is -2.45. The van der Waals surface area contributed by atoms with Crippen molar-refractivity contribution in [3.8, 4) is 11.8 Å². The van der Waals surface area contributed by atoms with E-state index in [1.54, 1.807) is 13.0 Å². The quantitative estimate of drug-likeness (QED) is 0.603. The van der Waals surface area contributed by atoms with E-state index in [0.717, 1.165) is 12.0 Å². The summed E-state index contributed by atoms with van der Waals surface area (Å²) in [5, 5.41) is 3.21. The Hall–Kier alpha value is -1.44. The summed E-state index contributed by atoms with van der Waals surface area (Å²) in [6.45, 7) is 2.85. The molecule has 98 valence electrons. The van der Waals surface area contributed by atoms with E-state index in [9.17, 15) is 8.78 Å². The Kier molecular flexibility index (Phi) is 6.34. The zero-order chi connectivity index (χ0) is 13.4. The number of hydrogen-bond acceptors (Lipinski definition) is 2. The van der Waals surface area contributed by atoms with Crippen LogP contribution in [-0.2, 0) is 0 Å². The lowest BCUT2D eigenvalue weighted by molar-refractivity contribution is 0.151. The average Bonchev–Trinajstić information content (AvgIpc) is 2.39. The summed E-state index contributed by atoms with van der Waals surface area (Å²) in [7, 11) is 0. The molecule has 1 aromatic carbocycles. The summed E-state index contributed by atoms with van der Waals surface area (Å²) >= 11 is 0. The predicted octanol–water partition coefficient (Wildman–Crippen LogP) is 2.63. The first-order valence-electron chi connectivity index (χ1n) is 5.90. The molecule has 1 aromatic rings. The zero-order valence-electron chi connectivity index (χ0n) is 10.4. The Morgan fingerprint density at radius 1 is 1.33 bits per heavy atom. The number of alkyl halides is 2. The third-order valence-corrected chi connectivity index (χ3v) is 2.62. The second-order valence-corrected chi connectivity index (χ2v) is 3.89. The van der Waals surface area contributed by atoms with Gasteiger partial charge in [0, 0.05) is 31.1 Å². The Morgan fingerprint density at radius 3 is 2.67 bits per heavy atom. The molecule has 0 fully saturated rings. The van der Waals surface area contributed by atoms with E-state index in [0.29, 0.717) is 13.1 Å². The van der Waals surface area contributed by atoms with Gasteiger partial charge in [0.15, 0.2) is 0 Å². The fraction of sp³-hybridized carbons (Fsp3) is 0.429. The second kappa shape index (κ2) is 7.80. The largest absolute Gasteiger partial charge is 0.329 e. The summed E-state index contributed by atoms with van der Waals surface area (Å²) in [4.78, 5) is 0. The fourth-order valence-corrected chi connectivity index (χ4v) is 1.68. The molecule has 0 aromatic heterocycles. The Labute approximate surface area is 107 Å². The van der Waals surface area contributed by atoms with Gasteiger partial charge in [0.2, 0.25) is 0 Å². The molecule has 1 rings (SSSR count). The van der Waals surface area contributed by atoms with Crippen LogP contribution in [0.25, 0.3) is 0 Å². The highest BCUT2D eigenvalue weighted by molar-refractivity contribution is 5.27. The SMILES string of the molecule is CC#CCCNC(CN)c1cccc(C(F)F)c1. The van der Waals surface area contributed by atoms with Crippen LogP contribution in [0.15, 0.2) is 24.3 Å². The fourth-order valence-electron chi connectivity index (χ4n) is 1.68. The molecule has 3 N–H and O–H groups in total. The highest BCUT2D eigenvalue weighted by Crippen LogP contribution is 2.22. The van der Waals surface area contributed by atoms with Crippen molar-refractivity contribution < 1.29 is 8.78 Å². The summed E-state index contributed by atoms with van der Waals surface area (Å²) in [5.74, 6) is 5.74. The number of nitrogens with one attached hydrogen (secondary N) is 1. The maximum atomic E-state index is 12.6. The van der Waals surface area contributed by atoms with Gasteiger partial charge in [0.1, 0.15) is 0 Å². The van der Waals surface area contributed by atoms with Crippen molar-refractivity contribution in [2.75, 3.05) is 13.1 Å². The normalized spacial score (nSPS) is 12.1. The number of halogens is 2. The summed E-state index contributed by atoms with van der Waals surface area (Å²) in [5.41, 5.74) is 6.48. The van der Waals surface area contributed by atoms with Gasteiger partial charge in [0.05, 0.1) is 0 Å². The molecule has 0 aliphatic rings. The number of rotatable bonds is 6. The van der Waals surface area contributed by atoms with E-state index in [-0.39, 0.29) is 11.6 Å². The highest BCUT2D eigenvalue weighted by Gasteiger charge is 2.12. The van der Waals surface area contributed by atoms with Gasteiger partial charge in [-0.05, 0) is 18.6 Å². The third-order valence-electron chi connectivity index (χ3n) is 2.62. The molecule has 0 aliphatic heterocycles. The zero-order valence-corrected chi connectivity index (χ0v) is 10.4. The second-order valence-electron chi connectivity index (χ2n) is 3.89. The Balaban J connectivity index is 2.68.